The maximum absolute atomic E-state index is 11.5. The number of pyridine rings is 1. The van der Waals surface area contributed by atoms with Crippen LogP contribution in [-0.2, 0) is 9.53 Å². The molecular formula is C12H14N2O5. The maximum Gasteiger partial charge on any atom is 0.406 e. The van der Waals surface area contributed by atoms with Crippen LogP contribution in [0.25, 0.3) is 0 Å². The Balaban J connectivity index is 1.87. The minimum atomic E-state index is -0.655. The predicted molar refractivity (Wildman–Crippen MR) is 64.7 cm³/mol. The maximum atomic E-state index is 11.5. The number of aromatic nitrogens is 1. The summed E-state index contributed by atoms with van der Waals surface area (Å²) >= 11 is 0. The molecule has 1 saturated carbocycles. The van der Waals surface area contributed by atoms with E-state index < -0.39 is 16.7 Å². The van der Waals surface area contributed by atoms with Crippen molar-refractivity contribution in [1.29, 1.82) is 0 Å². The highest BCUT2D eigenvalue weighted by Gasteiger charge is 2.21. The average molecular weight is 266 g/mol. The first-order chi connectivity index (χ1) is 9.16. The van der Waals surface area contributed by atoms with Gasteiger partial charge in [0.15, 0.2) is 6.61 Å². The molecule has 1 aliphatic rings. The van der Waals surface area contributed by atoms with E-state index in [0.717, 1.165) is 25.7 Å². The molecule has 0 unspecified atom stereocenters. The van der Waals surface area contributed by atoms with Gasteiger partial charge < -0.3 is 19.6 Å². The Bertz CT molecular complexity index is 471. The smallest absolute Gasteiger partial charge is 0.406 e. The van der Waals surface area contributed by atoms with E-state index in [1.807, 2.05) is 0 Å². The highest BCUT2D eigenvalue weighted by Crippen LogP contribution is 2.23. The molecule has 7 nitrogen and oxygen atoms in total. The van der Waals surface area contributed by atoms with Crippen molar-refractivity contribution in [2.45, 2.75) is 31.8 Å². The summed E-state index contributed by atoms with van der Waals surface area (Å²) in [6.07, 6.45) is 5.12. The van der Waals surface area contributed by atoms with Gasteiger partial charge in [0.05, 0.1) is 0 Å². The second kappa shape index (κ2) is 6.12. The number of esters is 1. The van der Waals surface area contributed by atoms with Crippen LogP contribution in [0.4, 0.5) is 5.82 Å². The summed E-state index contributed by atoms with van der Waals surface area (Å²) in [6, 6.07) is 2.90. The summed E-state index contributed by atoms with van der Waals surface area (Å²) in [5, 5.41) is 10.7. The number of carbonyl (C=O) groups is 1. The van der Waals surface area contributed by atoms with Crippen molar-refractivity contribution in [2.75, 3.05) is 6.61 Å². The van der Waals surface area contributed by atoms with Crippen LogP contribution in [0.3, 0.4) is 0 Å². The Labute approximate surface area is 109 Å². The fourth-order valence-corrected chi connectivity index (χ4v) is 1.99. The van der Waals surface area contributed by atoms with Crippen LogP contribution in [0.5, 0.6) is 5.75 Å². The standard InChI is InChI=1S/C12H14N2O5/c15-11(19-9-4-1-2-5-9)8-18-10-6-3-7-13-12(10)14(16)17/h3,6-7,9H,1-2,4-5,8H2. The van der Waals surface area contributed by atoms with Gasteiger partial charge in [-0.2, -0.15) is 0 Å². The monoisotopic (exact) mass is 266 g/mol. The highest BCUT2D eigenvalue weighted by atomic mass is 16.6. The molecular weight excluding hydrogens is 252 g/mol. The zero-order valence-corrected chi connectivity index (χ0v) is 10.3. The van der Waals surface area contributed by atoms with Gasteiger partial charge in [0.25, 0.3) is 0 Å². The number of nitro groups is 1. The van der Waals surface area contributed by atoms with Crippen LogP contribution >= 0.6 is 0 Å². The van der Waals surface area contributed by atoms with E-state index in [1.165, 1.54) is 18.3 Å². The number of hydrogen-bond acceptors (Lipinski definition) is 6. The molecule has 7 heteroatoms. The lowest BCUT2D eigenvalue weighted by atomic mass is 10.3. The Morgan fingerprint density at radius 2 is 2.21 bits per heavy atom. The molecule has 0 bridgehead atoms. The molecule has 0 N–H and O–H groups in total. The van der Waals surface area contributed by atoms with E-state index in [2.05, 4.69) is 4.98 Å². The molecule has 2 rings (SSSR count). The van der Waals surface area contributed by atoms with Crippen molar-refractivity contribution in [3.8, 4) is 5.75 Å². The first-order valence-corrected chi connectivity index (χ1v) is 6.08. The summed E-state index contributed by atoms with van der Waals surface area (Å²) in [5.41, 5.74) is 0. The van der Waals surface area contributed by atoms with Crippen molar-refractivity contribution in [1.82, 2.24) is 4.98 Å². The van der Waals surface area contributed by atoms with Gasteiger partial charge in [0.1, 0.15) is 12.3 Å². The van der Waals surface area contributed by atoms with E-state index in [9.17, 15) is 14.9 Å². The first kappa shape index (κ1) is 13.3. The molecule has 1 aliphatic carbocycles. The minimum Gasteiger partial charge on any atom is -0.474 e. The quantitative estimate of drug-likeness (QED) is 0.459. The molecule has 0 spiro atoms. The van der Waals surface area contributed by atoms with E-state index in [-0.39, 0.29) is 18.5 Å². The molecule has 102 valence electrons. The van der Waals surface area contributed by atoms with Crippen molar-refractivity contribution in [3.05, 3.63) is 28.4 Å². The molecule has 0 amide bonds. The third-order valence-electron chi connectivity index (χ3n) is 2.87. The largest absolute Gasteiger partial charge is 0.474 e. The molecule has 0 saturated heterocycles. The Morgan fingerprint density at radius 1 is 1.47 bits per heavy atom. The van der Waals surface area contributed by atoms with Crippen LogP contribution in [0, 0.1) is 10.1 Å². The van der Waals surface area contributed by atoms with E-state index in [4.69, 9.17) is 9.47 Å². The molecule has 1 heterocycles. The van der Waals surface area contributed by atoms with Gasteiger partial charge in [0.2, 0.25) is 5.75 Å². The third-order valence-corrected chi connectivity index (χ3v) is 2.87. The second-order valence-electron chi connectivity index (χ2n) is 4.27. The second-order valence-corrected chi connectivity index (χ2v) is 4.27. The first-order valence-electron chi connectivity index (χ1n) is 6.08. The number of rotatable bonds is 5. The van der Waals surface area contributed by atoms with E-state index in [0.29, 0.717) is 0 Å². The van der Waals surface area contributed by atoms with Gasteiger partial charge in [-0.15, -0.1) is 0 Å². The number of hydrogen-bond donors (Lipinski definition) is 0. The van der Waals surface area contributed by atoms with E-state index >= 15 is 0 Å². The topological polar surface area (TPSA) is 91.6 Å². The normalized spacial score (nSPS) is 15.2. The van der Waals surface area contributed by atoms with Crippen molar-refractivity contribution in [3.63, 3.8) is 0 Å². The van der Waals surface area contributed by atoms with Gasteiger partial charge in [-0.1, -0.05) is 0 Å². The molecule has 19 heavy (non-hydrogen) atoms. The van der Waals surface area contributed by atoms with Crippen LogP contribution in [-0.4, -0.2) is 28.6 Å². The van der Waals surface area contributed by atoms with Crippen LogP contribution in [0.15, 0.2) is 18.3 Å². The third kappa shape index (κ3) is 3.64. The molecule has 1 aromatic heterocycles. The lowest BCUT2D eigenvalue weighted by Crippen LogP contribution is -2.20. The van der Waals surface area contributed by atoms with Crippen molar-refractivity contribution >= 4 is 11.8 Å². The SMILES string of the molecule is O=C(COc1cccnc1[N+](=O)[O-])OC1CCCC1. The minimum absolute atomic E-state index is 0.0316. The van der Waals surface area contributed by atoms with Crippen LogP contribution < -0.4 is 4.74 Å². The number of nitrogens with zero attached hydrogens (tertiary/aromatic N) is 2. The van der Waals surface area contributed by atoms with Gasteiger partial charge in [0, 0.05) is 0 Å². The van der Waals surface area contributed by atoms with E-state index in [1.54, 1.807) is 0 Å². The van der Waals surface area contributed by atoms with Crippen LogP contribution in [0.1, 0.15) is 25.7 Å². The zero-order chi connectivity index (χ0) is 13.7. The molecule has 1 aromatic rings. The lowest BCUT2D eigenvalue weighted by Gasteiger charge is -2.11. The van der Waals surface area contributed by atoms with Gasteiger partial charge in [-0.05, 0) is 47.7 Å². The van der Waals surface area contributed by atoms with Crippen LogP contribution in [0.2, 0.25) is 0 Å². The number of carbonyl (C=O) groups excluding carboxylic acids is 1. The summed E-state index contributed by atoms with van der Waals surface area (Å²) in [6.45, 7) is -0.344. The Kier molecular flexibility index (Phi) is 4.27. The number of ether oxygens (including phenoxy) is 2. The fourth-order valence-electron chi connectivity index (χ4n) is 1.99. The average Bonchev–Trinajstić information content (AvgIpc) is 2.89. The predicted octanol–water partition coefficient (Wildman–Crippen LogP) is 1.85. The van der Waals surface area contributed by atoms with Gasteiger partial charge in [-0.3, -0.25) is 0 Å². The molecule has 0 radical (unpaired) electrons. The molecule has 0 aromatic carbocycles. The van der Waals surface area contributed by atoms with Crippen molar-refractivity contribution in [2.24, 2.45) is 0 Å². The summed E-state index contributed by atoms with van der Waals surface area (Å²) in [4.78, 5) is 25.1. The van der Waals surface area contributed by atoms with Crippen molar-refractivity contribution < 1.29 is 19.2 Å². The van der Waals surface area contributed by atoms with Gasteiger partial charge >= 0.3 is 11.8 Å². The summed E-state index contributed by atoms with van der Waals surface area (Å²) in [5.74, 6) is -0.947. The molecule has 0 atom stereocenters. The highest BCUT2D eigenvalue weighted by molar-refractivity contribution is 5.71. The summed E-state index contributed by atoms with van der Waals surface area (Å²) in [7, 11) is 0. The molecule has 1 fully saturated rings. The lowest BCUT2D eigenvalue weighted by molar-refractivity contribution is -0.390. The molecule has 0 aliphatic heterocycles. The zero-order valence-electron chi connectivity index (χ0n) is 10.3. The Hall–Kier alpha value is -2.18. The Morgan fingerprint density at radius 3 is 2.89 bits per heavy atom. The van der Waals surface area contributed by atoms with Gasteiger partial charge in [-0.25, -0.2) is 4.79 Å². The summed E-state index contributed by atoms with van der Waals surface area (Å²) < 4.78 is 10.3. The fraction of sp³-hybridized carbons (Fsp3) is 0.500.